The van der Waals surface area contributed by atoms with Crippen LogP contribution in [0.1, 0.15) is 19.4 Å². The van der Waals surface area contributed by atoms with Crippen molar-refractivity contribution in [3.05, 3.63) is 60.2 Å². The van der Waals surface area contributed by atoms with Crippen molar-refractivity contribution in [3.63, 3.8) is 0 Å². The molecule has 0 aliphatic heterocycles. The van der Waals surface area contributed by atoms with Crippen LogP contribution in [0.4, 0.5) is 0 Å². The van der Waals surface area contributed by atoms with E-state index in [1.54, 1.807) is 0 Å². The summed E-state index contributed by atoms with van der Waals surface area (Å²) < 4.78 is 0. The predicted octanol–water partition coefficient (Wildman–Crippen LogP) is 4.31. The lowest BCUT2D eigenvalue weighted by Crippen LogP contribution is -2.06. The second-order valence-electron chi connectivity index (χ2n) is 3.99. The lowest BCUT2D eigenvalue weighted by atomic mass is 10.2. The standard InChI is InChI=1S/C16H19S/c1-3-14-10-12-16(13-11-14)17(4-2)15-8-6-5-7-9-15/h5-13H,3-4H2,1-2H3/q+1. The Balaban J connectivity index is 2.29. The quantitative estimate of drug-likeness (QED) is 0.702. The van der Waals surface area contributed by atoms with E-state index < -0.39 is 0 Å². The Hall–Kier alpha value is -1.21. The molecule has 88 valence electrons. The first-order valence-corrected chi connectivity index (χ1v) is 7.59. The Morgan fingerprint density at radius 2 is 1.35 bits per heavy atom. The molecule has 1 atom stereocenters. The maximum Gasteiger partial charge on any atom is 0.160 e. The van der Waals surface area contributed by atoms with Gasteiger partial charge in [-0.15, -0.1) is 0 Å². The molecule has 0 radical (unpaired) electrons. The fourth-order valence-corrected chi connectivity index (χ4v) is 3.83. The lowest BCUT2D eigenvalue weighted by molar-refractivity contribution is 1.13. The third kappa shape index (κ3) is 2.92. The Morgan fingerprint density at radius 1 is 0.765 bits per heavy atom. The van der Waals surface area contributed by atoms with Crippen LogP contribution in [0.5, 0.6) is 0 Å². The summed E-state index contributed by atoms with van der Waals surface area (Å²) in [5, 5.41) is 0. The minimum atomic E-state index is 0.232. The van der Waals surface area contributed by atoms with Gasteiger partial charge < -0.3 is 0 Å². The molecule has 2 aromatic rings. The average Bonchev–Trinajstić information content (AvgIpc) is 2.42. The summed E-state index contributed by atoms with van der Waals surface area (Å²) >= 11 is 0. The molecule has 1 heteroatoms. The van der Waals surface area contributed by atoms with Crippen molar-refractivity contribution in [2.24, 2.45) is 0 Å². The SMILES string of the molecule is CCc1ccc([S+](CC)c2ccccc2)cc1. The van der Waals surface area contributed by atoms with Crippen LogP contribution in [0.25, 0.3) is 0 Å². The van der Waals surface area contributed by atoms with Gasteiger partial charge in [-0.1, -0.05) is 37.3 Å². The first-order valence-electron chi connectivity index (χ1n) is 6.20. The lowest BCUT2D eigenvalue weighted by Gasteiger charge is -2.06. The van der Waals surface area contributed by atoms with Gasteiger partial charge >= 0.3 is 0 Å². The molecule has 0 fully saturated rings. The summed E-state index contributed by atoms with van der Waals surface area (Å²) in [7, 11) is 0.232. The van der Waals surface area contributed by atoms with Gasteiger partial charge in [0, 0.05) is 0 Å². The van der Waals surface area contributed by atoms with Gasteiger partial charge in [-0.3, -0.25) is 0 Å². The predicted molar refractivity (Wildman–Crippen MR) is 76.7 cm³/mol. The first kappa shape index (κ1) is 12.3. The second kappa shape index (κ2) is 5.92. The van der Waals surface area contributed by atoms with Crippen molar-refractivity contribution < 1.29 is 0 Å². The molecule has 1 unspecified atom stereocenters. The summed E-state index contributed by atoms with van der Waals surface area (Å²) in [5.74, 6) is 1.18. The van der Waals surface area contributed by atoms with E-state index in [4.69, 9.17) is 0 Å². The van der Waals surface area contributed by atoms with Crippen molar-refractivity contribution in [3.8, 4) is 0 Å². The molecule has 0 bridgehead atoms. The van der Waals surface area contributed by atoms with Crippen LogP contribution in [0.15, 0.2) is 64.4 Å². The Labute approximate surface area is 107 Å². The number of rotatable bonds is 4. The van der Waals surface area contributed by atoms with Crippen LogP contribution in [-0.4, -0.2) is 5.75 Å². The zero-order valence-corrected chi connectivity index (χ0v) is 11.3. The number of hydrogen-bond acceptors (Lipinski definition) is 0. The van der Waals surface area contributed by atoms with E-state index in [1.807, 2.05) is 0 Å². The maximum atomic E-state index is 2.29. The number of aryl methyl sites for hydroxylation is 1. The van der Waals surface area contributed by atoms with Gasteiger partial charge in [-0.25, -0.2) is 0 Å². The Bertz CT molecular complexity index is 445. The molecule has 0 aliphatic rings. The zero-order valence-electron chi connectivity index (χ0n) is 10.5. The van der Waals surface area contributed by atoms with Crippen LogP contribution in [-0.2, 0) is 17.3 Å². The van der Waals surface area contributed by atoms with Crippen LogP contribution in [0.3, 0.4) is 0 Å². The summed E-state index contributed by atoms with van der Waals surface area (Å²) in [5.41, 5.74) is 1.42. The molecule has 0 saturated carbocycles. The van der Waals surface area contributed by atoms with Crippen molar-refractivity contribution in [1.82, 2.24) is 0 Å². The van der Waals surface area contributed by atoms with Gasteiger partial charge in [0.25, 0.3) is 0 Å². The third-order valence-electron chi connectivity index (χ3n) is 2.93. The van der Waals surface area contributed by atoms with Gasteiger partial charge in [0.05, 0.1) is 10.9 Å². The molecule has 2 rings (SSSR count). The van der Waals surface area contributed by atoms with Crippen molar-refractivity contribution in [2.75, 3.05) is 5.75 Å². The fourth-order valence-electron chi connectivity index (χ4n) is 1.94. The molecular formula is C16H19S+. The molecule has 0 aliphatic carbocycles. The largest absolute Gasteiger partial charge is 0.160 e. The average molecular weight is 243 g/mol. The second-order valence-corrected chi connectivity index (χ2v) is 6.29. The zero-order chi connectivity index (χ0) is 12.1. The summed E-state index contributed by atoms with van der Waals surface area (Å²) in [6, 6.07) is 19.9. The van der Waals surface area contributed by atoms with Crippen LogP contribution in [0.2, 0.25) is 0 Å². The van der Waals surface area contributed by atoms with E-state index in [-0.39, 0.29) is 10.9 Å². The molecular weight excluding hydrogens is 224 g/mol. The van der Waals surface area contributed by atoms with Gasteiger partial charge in [-0.2, -0.15) is 0 Å². The van der Waals surface area contributed by atoms with Crippen molar-refractivity contribution in [1.29, 1.82) is 0 Å². The smallest absolute Gasteiger partial charge is 0.0619 e. The minimum absolute atomic E-state index is 0.232. The van der Waals surface area contributed by atoms with Crippen molar-refractivity contribution in [2.45, 2.75) is 30.1 Å². The molecule has 0 amide bonds. The molecule has 17 heavy (non-hydrogen) atoms. The highest BCUT2D eigenvalue weighted by Crippen LogP contribution is 2.23. The van der Waals surface area contributed by atoms with E-state index in [9.17, 15) is 0 Å². The topological polar surface area (TPSA) is 0 Å². The summed E-state index contributed by atoms with van der Waals surface area (Å²) in [6.07, 6.45) is 1.12. The number of benzene rings is 2. The molecule has 0 nitrogen and oxygen atoms in total. The van der Waals surface area contributed by atoms with Crippen molar-refractivity contribution >= 4 is 10.9 Å². The van der Waals surface area contributed by atoms with E-state index in [0.717, 1.165) is 6.42 Å². The van der Waals surface area contributed by atoms with Gasteiger partial charge in [0.1, 0.15) is 5.75 Å². The Morgan fingerprint density at radius 3 is 1.88 bits per heavy atom. The minimum Gasteiger partial charge on any atom is -0.0619 e. The normalized spacial score (nSPS) is 12.4. The summed E-state index contributed by atoms with van der Waals surface area (Å²) in [4.78, 5) is 2.90. The molecule has 0 aromatic heterocycles. The van der Waals surface area contributed by atoms with Gasteiger partial charge in [-0.05, 0) is 43.2 Å². The highest BCUT2D eigenvalue weighted by atomic mass is 32.2. The van der Waals surface area contributed by atoms with Crippen LogP contribution in [0, 0.1) is 0 Å². The van der Waals surface area contributed by atoms with Gasteiger partial charge in [0.15, 0.2) is 9.79 Å². The van der Waals surface area contributed by atoms with Crippen LogP contribution >= 0.6 is 0 Å². The molecule has 0 heterocycles. The van der Waals surface area contributed by atoms with Crippen LogP contribution < -0.4 is 0 Å². The van der Waals surface area contributed by atoms with Gasteiger partial charge in [0.2, 0.25) is 0 Å². The monoisotopic (exact) mass is 243 g/mol. The van der Waals surface area contributed by atoms with E-state index in [1.165, 1.54) is 21.1 Å². The fraction of sp³-hybridized carbons (Fsp3) is 0.250. The first-order chi connectivity index (χ1) is 8.35. The third-order valence-corrected chi connectivity index (χ3v) is 5.19. The van der Waals surface area contributed by atoms with E-state index in [2.05, 4.69) is 68.4 Å². The molecule has 0 spiro atoms. The van der Waals surface area contributed by atoms with E-state index in [0.29, 0.717) is 0 Å². The molecule has 2 aromatic carbocycles. The summed E-state index contributed by atoms with van der Waals surface area (Å²) in [6.45, 7) is 4.47. The number of hydrogen-bond donors (Lipinski definition) is 0. The molecule has 0 N–H and O–H groups in total. The molecule has 0 saturated heterocycles. The highest BCUT2D eigenvalue weighted by molar-refractivity contribution is 7.97. The Kier molecular flexibility index (Phi) is 4.27. The van der Waals surface area contributed by atoms with E-state index >= 15 is 0 Å². The highest BCUT2D eigenvalue weighted by Gasteiger charge is 2.21. The maximum absolute atomic E-state index is 2.29.